The molecule has 0 aliphatic heterocycles. The number of fused-ring (bicyclic) bond motifs is 8. The van der Waals surface area contributed by atoms with E-state index >= 15 is 0 Å². The first-order valence-corrected chi connectivity index (χ1v) is 17.2. The maximum atomic E-state index is 2.44. The number of para-hydroxylation sites is 1. The molecule has 10 aromatic rings. The second-order valence-corrected chi connectivity index (χ2v) is 13.6. The smallest absolute Gasteiger partial charge is 0.0548 e. The molecule has 10 rings (SSSR count). The third-order valence-corrected chi connectivity index (χ3v) is 10.9. The highest BCUT2D eigenvalue weighted by Crippen LogP contribution is 2.43. The number of thiophene rings is 1. The van der Waals surface area contributed by atoms with Crippen molar-refractivity contribution in [2.45, 2.75) is 0 Å². The van der Waals surface area contributed by atoms with Gasteiger partial charge in [-0.15, -0.1) is 11.3 Å². The lowest BCUT2D eigenvalue weighted by atomic mass is 9.93. The first-order chi connectivity index (χ1) is 23.8. The first kappa shape index (κ1) is 27.2. The van der Waals surface area contributed by atoms with Crippen LogP contribution >= 0.6 is 11.3 Å². The molecular weight excluding hydrogens is 599 g/mol. The monoisotopic (exact) mass is 627 g/mol. The van der Waals surface area contributed by atoms with Crippen LogP contribution in [0.25, 0.3) is 91.8 Å². The molecule has 2 heterocycles. The van der Waals surface area contributed by atoms with Crippen LogP contribution in [-0.4, -0.2) is 4.57 Å². The average molecular weight is 628 g/mol. The number of hydrogen-bond donors (Lipinski definition) is 0. The SMILES string of the molecule is c1ccc(-c2cc(-c3ccccc3)cc(-c3ccc(-n4c5ccccc5c5cc6sc7ccc8ccccc8c7c6cc54)cc3)c2)cc1. The van der Waals surface area contributed by atoms with E-state index in [2.05, 4.69) is 180 Å². The molecule has 0 atom stereocenters. The van der Waals surface area contributed by atoms with Gasteiger partial charge in [0.15, 0.2) is 0 Å². The van der Waals surface area contributed by atoms with Gasteiger partial charge in [0.1, 0.15) is 0 Å². The Morgan fingerprint density at radius 3 is 1.60 bits per heavy atom. The minimum absolute atomic E-state index is 1.16. The van der Waals surface area contributed by atoms with Crippen molar-refractivity contribution in [1.29, 1.82) is 0 Å². The molecule has 0 fully saturated rings. The maximum Gasteiger partial charge on any atom is 0.0548 e. The third-order valence-electron chi connectivity index (χ3n) is 9.76. The zero-order valence-corrected chi connectivity index (χ0v) is 26.9. The summed E-state index contributed by atoms with van der Waals surface area (Å²) in [6.45, 7) is 0. The molecule has 0 aliphatic carbocycles. The second-order valence-electron chi connectivity index (χ2n) is 12.6. The first-order valence-electron chi connectivity index (χ1n) is 16.4. The van der Waals surface area contributed by atoms with Gasteiger partial charge in [-0.25, -0.2) is 0 Å². The van der Waals surface area contributed by atoms with Crippen LogP contribution in [0.1, 0.15) is 0 Å². The summed E-state index contributed by atoms with van der Waals surface area (Å²) in [6, 6.07) is 64.4. The standard InChI is InChI=1S/C46H29NS/c1-3-11-30(12-4-1)34-25-35(31-13-5-2-6-14-31)27-36(26-34)32-19-22-37(23-20-32)47-42-18-10-9-17-39(42)40-29-45-41(28-43(40)47)46-38-16-8-7-15-33(38)21-24-44(46)48-45/h1-29H. The van der Waals surface area contributed by atoms with E-state index in [9.17, 15) is 0 Å². The van der Waals surface area contributed by atoms with Crippen molar-refractivity contribution >= 4 is 64.1 Å². The predicted molar refractivity (Wildman–Crippen MR) is 207 cm³/mol. The van der Waals surface area contributed by atoms with Gasteiger partial charge in [-0.2, -0.15) is 0 Å². The van der Waals surface area contributed by atoms with Gasteiger partial charge in [-0.05, 0) is 98.8 Å². The van der Waals surface area contributed by atoms with Crippen LogP contribution in [0.5, 0.6) is 0 Å². The van der Waals surface area contributed by atoms with Gasteiger partial charge in [-0.1, -0.05) is 121 Å². The molecule has 0 N–H and O–H groups in total. The Morgan fingerprint density at radius 1 is 0.333 bits per heavy atom. The van der Waals surface area contributed by atoms with E-state index in [1.54, 1.807) is 0 Å². The largest absolute Gasteiger partial charge is 0.309 e. The van der Waals surface area contributed by atoms with Crippen LogP contribution in [0.15, 0.2) is 176 Å². The van der Waals surface area contributed by atoms with E-state index in [0.717, 1.165) is 5.69 Å². The van der Waals surface area contributed by atoms with Crippen LogP contribution in [-0.2, 0) is 0 Å². The van der Waals surface area contributed by atoms with Crippen molar-refractivity contribution in [2.75, 3.05) is 0 Å². The lowest BCUT2D eigenvalue weighted by molar-refractivity contribution is 1.18. The fourth-order valence-electron chi connectivity index (χ4n) is 7.48. The molecular formula is C46H29NS. The van der Waals surface area contributed by atoms with Crippen molar-refractivity contribution in [2.24, 2.45) is 0 Å². The summed E-state index contributed by atoms with van der Waals surface area (Å²) < 4.78 is 5.11. The number of aromatic nitrogens is 1. The summed E-state index contributed by atoms with van der Waals surface area (Å²) in [5.74, 6) is 0. The van der Waals surface area contributed by atoms with Crippen LogP contribution < -0.4 is 0 Å². The quantitative estimate of drug-likeness (QED) is 0.183. The zero-order chi connectivity index (χ0) is 31.6. The molecule has 0 aliphatic rings. The Labute approximate surface area is 282 Å². The Kier molecular flexibility index (Phi) is 6.12. The zero-order valence-electron chi connectivity index (χ0n) is 26.1. The van der Waals surface area contributed by atoms with E-state index in [4.69, 9.17) is 0 Å². The second kappa shape index (κ2) is 10.8. The lowest BCUT2D eigenvalue weighted by Crippen LogP contribution is -1.94. The van der Waals surface area contributed by atoms with E-state index < -0.39 is 0 Å². The van der Waals surface area contributed by atoms with Crippen molar-refractivity contribution < 1.29 is 0 Å². The molecule has 48 heavy (non-hydrogen) atoms. The normalized spacial score (nSPS) is 11.8. The van der Waals surface area contributed by atoms with Gasteiger partial charge in [0.25, 0.3) is 0 Å². The molecule has 2 aromatic heterocycles. The van der Waals surface area contributed by atoms with Crippen LogP contribution in [0.3, 0.4) is 0 Å². The molecule has 0 saturated heterocycles. The van der Waals surface area contributed by atoms with Crippen molar-refractivity contribution in [3.8, 4) is 39.1 Å². The molecule has 0 radical (unpaired) electrons. The van der Waals surface area contributed by atoms with Crippen molar-refractivity contribution in [3.63, 3.8) is 0 Å². The molecule has 0 bridgehead atoms. The number of benzene rings is 8. The highest BCUT2D eigenvalue weighted by Gasteiger charge is 2.17. The van der Waals surface area contributed by atoms with Crippen LogP contribution in [0.2, 0.25) is 0 Å². The van der Waals surface area contributed by atoms with Gasteiger partial charge in [0.05, 0.1) is 11.0 Å². The van der Waals surface area contributed by atoms with Crippen LogP contribution in [0.4, 0.5) is 0 Å². The van der Waals surface area contributed by atoms with Gasteiger partial charge in [0, 0.05) is 36.6 Å². The molecule has 224 valence electrons. The highest BCUT2D eigenvalue weighted by molar-refractivity contribution is 7.26. The number of nitrogens with zero attached hydrogens (tertiary/aromatic N) is 1. The topological polar surface area (TPSA) is 4.93 Å². The summed E-state index contributed by atoms with van der Waals surface area (Å²) >= 11 is 1.89. The number of hydrogen-bond acceptors (Lipinski definition) is 1. The fourth-order valence-corrected chi connectivity index (χ4v) is 8.62. The summed E-state index contributed by atoms with van der Waals surface area (Å²) in [4.78, 5) is 0. The fraction of sp³-hybridized carbons (Fsp3) is 0. The van der Waals surface area contributed by atoms with E-state index in [1.165, 1.54) is 86.1 Å². The van der Waals surface area contributed by atoms with Gasteiger partial charge >= 0.3 is 0 Å². The van der Waals surface area contributed by atoms with Gasteiger partial charge in [0.2, 0.25) is 0 Å². The summed E-state index contributed by atoms with van der Waals surface area (Å²) in [5.41, 5.74) is 10.9. The van der Waals surface area contributed by atoms with E-state index in [1.807, 2.05) is 11.3 Å². The van der Waals surface area contributed by atoms with E-state index in [0.29, 0.717) is 0 Å². The third kappa shape index (κ3) is 4.31. The van der Waals surface area contributed by atoms with E-state index in [-0.39, 0.29) is 0 Å². The molecule has 0 amide bonds. The molecule has 8 aromatic carbocycles. The molecule has 0 spiro atoms. The molecule has 1 nitrogen and oxygen atoms in total. The molecule has 2 heteroatoms. The Balaban J connectivity index is 1.16. The van der Waals surface area contributed by atoms with Crippen molar-refractivity contribution in [1.82, 2.24) is 4.57 Å². The van der Waals surface area contributed by atoms with Gasteiger partial charge < -0.3 is 4.57 Å². The van der Waals surface area contributed by atoms with Gasteiger partial charge in [-0.3, -0.25) is 0 Å². The summed E-state index contributed by atoms with van der Waals surface area (Å²) in [5, 5.41) is 7.86. The van der Waals surface area contributed by atoms with Crippen molar-refractivity contribution in [3.05, 3.63) is 176 Å². The maximum absolute atomic E-state index is 2.44. The number of rotatable bonds is 4. The highest BCUT2D eigenvalue weighted by atomic mass is 32.1. The Hall–Kier alpha value is -5.96. The molecule has 0 unspecified atom stereocenters. The Bertz CT molecular complexity index is 2750. The minimum atomic E-state index is 1.16. The predicted octanol–water partition coefficient (Wildman–Crippen LogP) is 13.3. The lowest BCUT2D eigenvalue weighted by Gasteiger charge is -2.13. The summed E-state index contributed by atoms with van der Waals surface area (Å²) in [7, 11) is 0. The average Bonchev–Trinajstić information content (AvgIpc) is 3.69. The minimum Gasteiger partial charge on any atom is -0.309 e. The summed E-state index contributed by atoms with van der Waals surface area (Å²) in [6.07, 6.45) is 0. The Morgan fingerprint density at radius 2 is 0.917 bits per heavy atom. The van der Waals surface area contributed by atoms with Crippen LogP contribution in [0, 0.1) is 0 Å². The molecule has 0 saturated carbocycles.